The SMILES string of the molecule is CCCCC1(N)NCCN(C(=O)c2cccc(C)c2C)C1C(S)CC.Cl.Cl. The van der Waals surface area contributed by atoms with Crippen LogP contribution < -0.4 is 11.1 Å². The molecule has 4 nitrogen and oxygen atoms in total. The molecule has 1 heterocycles. The van der Waals surface area contributed by atoms with Gasteiger partial charge in [-0.15, -0.1) is 24.8 Å². The number of nitrogens with one attached hydrogen (secondary N) is 1. The Bertz CT molecular complexity index is 617. The number of halogens is 2. The van der Waals surface area contributed by atoms with Crippen molar-refractivity contribution in [1.29, 1.82) is 0 Å². The van der Waals surface area contributed by atoms with Gasteiger partial charge < -0.3 is 10.6 Å². The second kappa shape index (κ2) is 11.5. The van der Waals surface area contributed by atoms with Crippen LogP contribution in [0.4, 0.5) is 0 Å². The van der Waals surface area contributed by atoms with Crippen molar-refractivity contribution >= 4 is 43.4 Å². The first-order valence-electron chi connectivity index (χ1n) is 9.44. The van der Waals surface area contributed by atoms with Gasteiger partial charge in [0.25, 0.3) is 5.91 Å². The predicted molar refractivity (Wildman–Crippen MR) is 123 cm³/mol. The molecule has 0 spiro atoms. The fourth-order valence-electron chi connectivity index (χ4n) is 3.78. The maximum Gasteiger partial charge on any atom is 0.254 e. The van der Waals surface area contributed by atoms with E-state index in [0.29, 0.717) is 6.54 Å². The Morgan fingerprint density at radius 2 is 2.04 bits per heavy atom. The molecule has 7 heteroatoms. The Labute approximate surface area is 182 Å². The van der Waals surface area contributed by atoms with Crippen molar-refractivity contribution in [2.75, 3.05) is 13.1 Å². The highest BCUT2D eigenvalue weighted by atomic mass is 35.5. The van der Waals surface area contributed by atoms with Crippen LogP contribution in [0.1, 0.15) is 61.0 Å². The first kappa shape index (κ1) is 26.5. The van der Waals surface area contributed by atoms with Crippen molar-refractivity contribution in [1.82, 2.24) is 10.2 Å². The molecule has 0 radical (unpaired) electrons. The molecule has 1 fully saturated rings. The molecule has 0 aromatic heterocycles. The normalized spacial score (nSPS) is 23.2. The summed E-state index contributed by atoms with van der Waals surface area (Å²) >= 11 is 4.81. The largest absolute Gasteiger partial charge is 0.330 e. The number of piperazine rings is 1. The van der Waals surface area contributed by atoms with Gasteiger partial charge in [0.05, 0.1) is 11.7 Å². The highest BCUT2D eigenvalue weighted by Gasteiger charge is 2.46. The topological polar surface area (TPSA) is 58.4 Å². The van der Waals surface area contributed by atoms with E-state index in [1.165, 1.54) is 0 Å². The number of aryl methyl sites for hydroxylation is 1. The molecule has 1 aliphatic rings. The Hall–Kier alpha value is -0.460. The zero-order valence-corrected chi connectivity index (χ0v) is 19.4. The van der Waals surface area contributed by atoms with Crippen molar-refractivity contribution < 1.29 is 4.79 Å². The first-order chi connectivity index (χ1) is 11.9. The van der Waals surface area contributed by atoms with Crippen LogP contribution in [0.2, 0.25) is 0 Å². The molecule has 156 valence electrons. The summed E-state index contributed by atoms with van der Waals surface area (Å²) in [5.41, 5.74) is 9.17. The highest BCUT2D eigenvalue weighted by Crippen LogP contribution is 2.30. The first-order valence-corrected chi connectivity index (χ1v) is 9.96. The van der Waals surface area contributed by atoms with Crippen molar-refractivity contribution in [3.05, 3.63) is 34.9 Å². The van der Waals surface area contributed by atoms with Crippen molar-refractivity contribution in [3.63, 3.8) is 0 Å². The smallest absolute Gasteiger partial charge is 0.254 e. The van der Waals surface area contributed by atoms with Crippen molar-refractivity contribution in [2.45, 2.75) is 70.3 Å². The van der Waals surface area contributed by atoms with Gasteiger partial charge in [-0.1, -0.05) is 38.8 Å². The van der Waals surface area contributed by atoms with E-state index in [1.807, 2.05) is 36.9 Å². The van der Waals surface area contributed by atoms with Gasteiger partial charge in [-0.3, -0.25) is 10.1 Å². The highest BCUT2D eigenvalue weighted by molar-refractivity contribution is 7.81. The van der Waals surface area contributed by atoms with E-state index in [-0.39, 0.29) is 42.0 Å². The molecule has 1 amide bonds. The zero-order valence-electron chi connectivity index (χ0n) is 16.8. The van der Waals surface area contributed by atoms with Crippen molar-refractivity contribution in [2.24, 2.45) is 5.73 Å². The molecule has 3 unspecified atom stereocenters. The number of carbonyl (C=O) groups is 1. The summed E-state index contributed by atoms with van der Waals surface area (Å²) in [6, 6.07) is 5.81. The van der Waals surface area contributed by atoms with Crippen LogP contribution in [-0.4, -0.2) is 40.9 Å². The average Bonchev–Trinajstić information content (AvgIpc) is 2.61. The number of amides is 1. The van der Waals surface area contributed by atoms with E-state index >= 15 is 0 Å². The summed E-state index contributed by atoms with van der Waals surface area (Å²) in [6.07, 6.45) is 3.84. The summed E-state index contributed by atoms with van der Waals surface area (Å²) in [4.78, 5) is 15.3. The van der Waals surface area contributed by atoms with E-state index in [1.54, 1.807) is 0 Å². The molecule has 0 bridgehead atoms. The standard InChI is InChI=1S/C20H33N3OS.2ClH/c1-5-7-11-20(21)18(17(25)6-2)23(13-12-22-20)19(24)16-10-8-9-14(3)15(16)4;;/h8-10,17-18,22,25H,5-7,11-13,21H2,1-4H3;2*1H. The number of thiol groups is 1. The fourth-order valence-corrected chi connectivity index (χ4v) is 4.20. The van der Waals surface area contributed by atoms with E-state index in [0.717, 1.165) is 48.9 Å². The van der Waals surface area contributed by atoms with Crippen LogP contribution in [0.25, 0.3) is 0 Å². The maximum atomic E-state index is 13.4. The second-order valence-electron chi connectivity index (χ2n) is 7.24. The predicted octanol–water partition coefficient (Wildman–Crippen LogP) is 4.11. The van der Waals surface area contributed by atoms with E-state index in [9.17, 15) is 4.79 Å². The monoisotopic (exact) mass is 435 g/mol. The molecule has 1 saturated heterocycles. The Morgan fingerprint density at radius 1 is 1.37 bits per heavy atom. The van der Waals surface area contributed by atoms with Crippen LogP contribution in [-0.2, 0) is 0 Å². The molecule has 3 atom stereocenters. The van der Waals surface area contributed by atoms with E-state index in [4.69, 9.17) is 18.4 Å². The Kier molecular flexibility index (Phi) is 11.3. The number of nitrogens with zero attached hydrogens (tertiary/aromatic N) is 1. The van der Waals surface area contributed by atoms with Crippen LogP contribution in [0, 0.1) is 13.8 Å². The summed E-state index contributed by atoms with van der Waals surface area (Å²) in [7, 11) is 0. The van der Waals surface area contributed by atoms with E-state index < -0.39 is 5.66 Å². The average molecular weight is 436 g/mol. The van der Waals surface area contributed by atoms with Gasteiger partial charge in [0.15, 0.2) is 0 Å². The van der Waals surface area contributed by atoms with Gasteiger partial charge in [-0.05, 0) is 43.9 Å². The minimum atomic E-state index is -0.579. The quantitative estimate of drug-likeness (QED) is 0.588. The summed E-state index contributed by atoms with van der Waals surface area (Å²) in [5, 5.41) is 3.54. The number of rotatable bonds is 6. The lowest BCUT2D eigenvalue weighted by Crippen LogP contribution is -2.74. The molecular weight excluding hydrogens is 401 g/mol. The fraction of sp³-hybridized carbons (Fsp3) is 0.650. The number of hydrogen-bond acceptors (Lipinski definition) is 4. The summed E-state index contributed by atoms with van der Waals surface area (Å²) in [6.45, 7) is 9.72. The molecule has 1 aromatic rings. The molecule has 0 saturated carbocycles. The van der Waals surface area contributed by atoms with Crippen LogP contribution in [0.3, 0.4) is 0 Å². The lowest BCUT2D eigenvalue weighted by atomic mass is 9.87. The minimum absolute atomic E-state index is 0. The Morgan fingerprint density at radius 3 is 2.63 bits per heavy atom. The molecule has 0 aliphatic carbocycles. The molecule has 2 rings (SSSR count). The third kappa shape index (κ3) is 5.77. The molecule has 1 aliphatic heterocycles. The third-order valence-corrected chi connectivity index (χ3v) is 6.14. The van der Waals surface area contributed by atoms with Gasteiger partial charge in [0.1, 0.15) is 0 Å². The molecule has 3 N–H and O–H groups in total. The lowest BCUT2D eigenvalue weighted by molar-refractivity contribution is 0.0334. The summed E-state index contributed by atoms with van der Waals surface area (Å²) < 4.78 is 0. The zero-order chi connectivity index (χ0) is 18.6. The van der Waals surface area contributed by atoms with Crippen LogP contribution in [0.15, 0.2) is 18.2 Å². The number of carbonyl (C=O) groups excluding carboxylic acids is 1. The lowest BCUT2D eigenvalue weighted by Gasteiger charge is -2.51. The number of benzene rings is 1. The maximum absolute atomic E-state index is 13.4. The number of unbranched alkanes of at least 4 members (excludes halogenated alkanes) is 1. The van der Waals surface area contributed by atoms with Gasteiger partial charge >= 0.3 is 0 Å². The van der Waals surface area contributed by atoms with E-state index in [2.05, 4.69) is 19.2 Å². The summed E-state index contributed by atoms with van der Waals surface area (Å²) in [5.74, 6) is 0.0755. The molecule has 27 heavy (non-hydrogen) atoms. The third-order valence-electron chi connectivity index (χ3n) is 5.49. The van der Waals surface area contributed by atoms with Gasteiger partial charge in [-0.2, -0.15) is 12.6 Å². The van der Waals surface area contributed by atoms with Crippen molar-refractivity contribution in [3.8, 4) is 0 Å². The number of hydrogen-bond donors (Lipinski definition) is 3. The number of nitrogens with two attached hydrogens (primary N) is 1. The van der Waals surface area contributed by atoms with Crippen LogP contribution in [0.5, 0.6) is 0 Å². The molecule has 1 aromatic carbocycles. The van der Waals surface area contributed by atoms with Gasteiger partial charge in [0, 0.05) is 23.9 Å². The van der Waals surface area contributed by atoms with Crippen LogP contribution >= 0.6 is 37.4 Å². The van der Waals surface area contributed by atoms with Gasteiger partial charge in [0.2, 0.25) is 0 Å². The second-order valence-corrected chi connectivity index (χ2v) is 7.90. The molecular formula is C20H35Cl2N3OS. The Balaban J connectivity index is 0.00000338. The van der Waals surface area contributed by atoms with Gasteiger partial charge in [-0.25, -0.2) is 0 Å². The minimum Gasteiger partial charge on any atom is -0.330 e.